The van der Waals surface area contributed by atoms with Gasteiger partial charge in [0.15, 0.2) is 0 Å². The molecule has 2 N–H and O–H groups in total. The average molecular weight is 306 g/mol. The molecule has 17 heavy (non-hydrogen) atoms. The van der Waals surface area contributed by atoms with Gasteiger partial charge in [0.05, 0.1) is 13.2 Å². The van der Waals surface area contributed by atoms with Crippen molar-refractivity contribution in [1.82, 2.24) is 9.78 Å². The van der Waals surface area contributed by atoms with Gasteiger partial charge in [0, 0.05) is 6.07 Å². The summed E-state index contributed by atoms with van der Waals surface area (Å²) in [4.78, 5) is 11.5. The van der Waals surface area contributed by atoms with Crippen LogP contribution in [-0.4, -0.2) is 33.2 Å². The van der Waals surface area contributed by atoms with E-state index in [2.05, 4.69) is 26.3 Å². The summed E-state index contributed by atoms with van der Waals surface area (Å²) >= 11 is 3.20. The summed E-state index contributed by atoms with van der Waals surface area (Å²) in [6.07, 6.45) is -0.552. The number of aliphatic hydroxyl groups is 1. The third-order valence-electron chi connectivity index (χ3n) is 1.69. The highest BCUT2D eigenvalue weighted by atomic mass is 79.9. The molecule has 0 saturated heterocycles. The van der Waals surface area contributed by atoms with Gasteiger partial charge in [0.2, 0.25) is 0 Å². The molecule has 0 spiro atoms. The number of aliphatic hydroxyl groups excluding tert-OH is 1. The third kappa shape index (κ3) is 4.74. The largest absolute Gasteiger partial charge is 0.444 e. The van der Waals surface area contributed by atoms with E-state index in [9.17, 15) is 4.79 Å². The summed E-state index contributed by atoms with van der Waals surface area (Å²) in [5, 5.41) is 15.5. The predicted molar refractivity (Wildman–Crippen MR) is 66.9 cm³/mol. The van der Waals surface area contributed by atoms with Gasteiger partial charge in [-0.25, -0.2) is 9.48 Å². The normalized spacial score (nSPS) is 11.4. The van der Waals surface area contributed by atoms with Gasteiger partial charge >= 0.3 is 6.09 Å². The van der Waals surface area contributed by atoms with E-state index in [1.807, 2.05) is 0 Å². The fourth-order valence-electron chi connectivity index (χ4n) is 1.16. The number of hydrogen-bond donors (Lipinski definition) is 2. The average Bonchev–Trinajstić information content (AvgIpc) is 2.43. The summed E-state index contributed by atoms with van der Waals surface area (Å²) in [5.41, 5.74) is -0.552. The molecule has 1 aromatic heterocycles. The lowest BCUT2D eigenvalue weighted by Crippen LogP contribution is -2.28. The zero-order chi connectivity index (χ0) is 13.1. The number of carbonyl (C=O) groups is 1. The second-order valence-electron chi connectivity index (χ2n) is 4.43. The number of nitrogens with zero attached hydrogens (tertiary/aromatic N) is 2. The monoisotopic (exact) mass is 305 g/mol. The van der Waals surface area contributed by atoms with Crippen LogP contribution in [0.25, 0.3) is 0 Å². The maximum Gasteiger partial charge on any atom is 0.413 e. The number of amides is 1. The zero-order valence-corrected chi connectivity index (χ0v) is 11.6. The summed E-state index contributed by atoms with van der Waals surface area (Å²) in [6.45, 7) is 5.60. The number of carbonyl (C=O) groups excluding carboxylic acids is 1. The highest BCUT2D eigenvalue weighted by Gasteiger charge is 2.17. The van der Waals surface area contributed by atoms with Gasteiger partial charge in [-0.15, -0.1) is 0 Å². The molecule has 0 unspecified atom stereocenters. The maximum atomic E-state index is 11.5. The molecule has 96 valence electrons. The van der Waals surface area contributed by atoms with Crippen molar-refractivity contribution in [1.29, 1.82) is 0 Å². The third-order valence-corrected chi connectivity index (χ3v) is 2.08. The topological polar surface area (TPSA) is 76.4 Å². The molecule has 0 bridgehead atoms. The van der Waals surface area contributed by atoms with Crippen LogP contribution in [0.15, 0.2) is 10.7 Å². The molecule has 1 amide bonds. The molecular formula is C10H16BrN3O3. The minimum absolute atomic E-state index is 0.0584. The predicted octanol–water partition coefficient (Wildman–Crippen LogP) is 1.98. The van der Waals surface area contributed by atoms with Crippen LogP contribution in [0.1, 0.15) is 20.8 Å². The van der Waals surface area contributed by atoms with Crippen molar-refractivity contribution in [3.8, 4) is 0 Å². The van der Waals surface area contributed by atoms with Crippen molar-refractivity contribution in [2.45, 2.75) is 32.9 Å². The second kappa shape index (κ2) is 5.50. The van der Waals surface area contributed by atoms with E-state index in [0.717, 1.165) is 0 Å². The van der Waals surface area contributed by atoms with Crippen LogP contribution in [-0.2, 0) is 11.3 Å². The van der Waals surface area contributed by atoms with E-state index in [1.54, 1.807) is 26.8 Å². The number of anilines is 1. The molecule has 0 aliphatic heterocycles. The van der Waals surface area contributed by atoms with Crippen molar-refractivity contribution < 1.29 is 14.6 Å². The Labute approximate surface area is 108 Å². The molecule has 1 rings (SSSR count). The minimum Gasteiger partial charge on any atom is -0.444 e. The first-order valence-corrected chi connectivity index (χ1v) is 5.95. The molecule has 0 aliphatic rings. The Balaban J connectivity index is 2.70. The van der Waals surface area contributed by atoms with Crippen molar-refractivity contribution in [2.75, 3.05) is 11.9 Å². The molecule has 0 atom stereocenters. The lowest BCUT2D eigenvalue weighted by molar-refractivity contribution is 0.0634. The molecule has 1 aromatic rings. The number of ether oxygens (including phenoxy) is 1. The Morgan fingerprint density at radius 3 is 2.82 bits per heavy atom. The van der Waals surface area contributed by atoms with Crippen LogP contribution < -0.4 is 5.32 Å². The summed E-state index contributed by atoms with van der Waals surface area (Å²) in [6, 6.07) is 1.64. The Kier molecular flexibility index (Phi) is 4.53. The number of aromatic nitrogens is 2. The fraction of sp³-hybridized carbons (Fsp3) is 0.600. The maximum absolute atomic E-state index is 11.5. The van der Waals surface area contributed by atoms with E-state index < -0.39 is 11.7 Å². The first-order valence-electron chi connectivity index (χ1n) is 5.16. The lowest BCUT2D eigenvalue weighted by atomic mass is 10.2. The van der Waals surface area contributed by atoms with E-state index in [1.165, 1.54) is 4.68 Å². The number of hydrogen-bond acceptors (Lipinski definition) is 4. The highest BCUT2D eigenvalue weighted by Crippen LogP contribution is 2.16. The van der Waals surface area contributed by atoms with Crippen molar-refractivity contribution in [3.05, 3.63) is 10.7 Å². The van der Waals surface area contributed by atoms with Gasteiger partial charge in [0.25, 0.3) is 0 Å². The van der Waals surface area contributed by atoms with Gasteiger partial charge in [-0.1, -0.05) is 0 Å². The van der Waals surface area contributed by atoms with Crippen LogP contribution in [0.3, 0.4) is 0 Å². The first kappa shape index (κ1) is 14.0. The van der Waals surface area contributed by atoms with E-state index in [4.69, 9.17) is 9.84 Å². The molecule has 6 nitrogen and oxygen atoms in total. The number of rotatable bonds is 3. The lowest BCUT2D eigenvalue weighted by Gasteiger charge is -2.19. The number of nitrogens with one attached hydrogen (secondary N) is 1. The van der Waals surface area contributed by atoms with Crippen molar-refractivity contribution in [2.24, 2.45) is 0 Å². The number of halogens is 1. The molecule has 0 saturated carbocycles. The van der Waals surface area contributed by atoms with Gasteiger partial charge < -0.3 is 9.84 Å². The summed E-state index contributed by atoms with van der Waals surface area (Å²) in [5.74, 6) is 0.472. The minimum atomic E-state index is -0.552. The van der Waals surface area contributed by atoms with E-state index >= 15 is 0 Å². The van der Waals surface area contributed by atoms with Gasteiger partial charge in [-0.05, 0) is 36.7 Å². The molecule has 1 heterocycles. The molecule has 0 fully saturated rings. The molecule has 7 heteroatoms. The SMILES string of the molecule is CC(C)(C)OC(=O)Nc1cc(Br)nn1CCO. The Bertz CT molecular complexity index is 398. The van der Waals surface area contributed by atoms with E-state index in [-0.39, 0.29) is 6.61 Å². The smallest absolute Gasteiger partial charge is 0.413 e. The van der Waals surface area contributed by atoms with E-state index in [0.29, 0.717) is 17.0 Å². The van der Waals surface area contributed by atoms with Crippen LogP contribution >= 0.6 is 15.9 Å². The van der Waals surface area contributed by atoms with Crippen LogP contribution in [0, 0.1) is 0 Å². The summed E-state index contributed by atoms with van der Waals surface area (Å²) < 4.78 is 7.18. The second-order valence-corrected chi connectivity index (χ2v) is 5.24. The standard InChI is InChI=1S/C10H16BrN3O3/c1-10(2,3)17-9(16)12-8-6-7(11)13-14(8)4-5-15/h6,15H,4-5H2,1-3H3,(H,12,16). The van der Waals surface area contributed by atoms with Crippen molar-refractivity contribution in [3.63, 3.8) is 0 Å². The molecular weight excluding hydrogens is 290 g/mol. The zero-order valence-electron chi connectivity index (χ0n) is 10.0. The first-order chi connectivity index (χ1) is 7.81. The van der Waals surface area contributed by atoms with Crippen LogP contribution in [0.2, 0.25) is 0 Å². The molecule has 0 aromatic carbocycles. The van der Waals surface area contributed by atoms with Gasteiger partial charge in [-0.3, -0.25) is 5.32 Å². The quantitative estimate of drug-likeness (QED) is 0.895. The Morgan fingerprint density at radius 1 is 1.65 bits per heavy atom. The fourth-order valence-corrected chi connectivity index (χ4v) is 1.57. The van der Waals surface area contributed by atoms with Gasteiger partial charge in [-0.2, -0.15) is 5.10 Å². The van der Waals surface area contributed by atoms with Crippen LogP contribution in [0.4, 0.5) is 10.6 Å². The summed E-state index contributed by atoms with van der Waals surface area (Å²) in [7, 11) is 0. The van der Waals surface area contributed by atoms with Crippen molar-refractivity contribution >= 4 is 27.8 Å². The Hall–Kier alpha value is -1.08. The van der Waals surface area contributed by atoms with Crippen LogP contribution in [0.5, 0.6) is 0 Å². The van der Waals surface area contributed by atoms with Gasteiger partial charge in [0.1, 0.15) is 16.0 Å². The molecule has 0 radical (unpaired) electrons. The molecule has 0 aliphatic carbocycles. The Morgan fingerprint density at radius 2 is 2.29 bits per heavy atom. The highest BCUT2D eigenvalue weighted by molar-refractivity contribution is 9.10.